The highest BCUT2D eigenvalue weighted by Gasteiger charge is 2.76. The quantitative estimate of drug-likeness (QED) is 0.326. The zero-order valence-corrected chi connectivity index (χ0v) is 16.5. The van der Waals surface area contributed by atoms with E-state index in [2.05, 4.69) is 0 Å². The van der Waals surface area contributed by atoms with Gasteiger partial charge >= 0.3 is 0 Å². The molecule has 0 radical (unpaired) electrons. The van der Waals surface area contributed by atoms with Crippen LogP contribution in [-0.4, -0.2) is 71.7 Å². The Morgan fingerprint density at radius 3 is 1.41 bits per heavy atom. The molecule has 0 saturated carbocycles. The van der Waals surface area contributed by atoms with Gasteiger partial charge < -0.3 is 20.4 Å². The van der Waals surface area contributed by atoms with Crippen LogP contribution in [0.25, 0.3) is 0 Å². The fraction of sp³-hybridized carbons (Fsp3) is 0.722. The molecule has 0 aliphatic carbocycles. The predicted octanol–water partition coefficient (Wildman–Crippen LogP) is -0.954. The number of rotatable bonds is 11. The molecule has 4 atom stereocenters. The Kier molecular flexibility index (Phi) is 7.51. The number of Topliss-reactive ketones (excluding diaryl/α,β-unsaturated/α-hetero) is 5. The van der Waals surface area contributed by atoms with E-state index >= 15 is 0 Å². The number of carbonyl (C=O) groups excluding carboxylic acids is 5. The highest BCUT2D eigenvalue weighted by Crippen LogP contribution is 2.45. The topological polar surface area (TPSA) is 166 Å². The normalized spacial score (nSPS) is 20.4. The van der Waals surface area contributed by atoms with Gasteiger partial charge in [0.2, 0.25) is 5.78 Å². The Hall–Kier alpha value is -1.81. The van der Waals surface area contributed by atoms with E-state index in [9.17, 15) is 44.4 Å². The molecule has 0 heterocycles. The molecule has 0 aromatic rings. The van der Waals surface area contributed by atoms with Gasteiger partial charge in [-0.1, -0.05) is 19.8 Å². The van der Waals surface area contributed by atoms with Crippen LogP contribution < -0.4 is 0 Å². The summed E-state index contributed by atoms with van der Waals surface area (Å²) in [7, 11) is 0. The molecule has 0 amide bonds. The van der Waals surface area contributed by atoms with Gasteiger partial charge in [-0.3, -0.25) is 24.0 Å². The third kappa shape index (κ3) is 3.52. The van der Waals surface area contributed by atoms with E-state index < -0.39 is 57.7 Å². The zero-order chi connectivity index (χ0) is 22.0. The SMILES string of the molecule is CCCC[C@](O)(C(=O)C(C)=O)[C@@](O)(C(C)=O)[C@](O)(C(C)=O)[C@](C)(O)C(C)=O. The largest absolute Gasteiger partial charge is 0.379 e. The van der Waals surface area contributed by atoms with Crippen molar-refractivity contribution in [1.29, 1.82) is 0 Å². The van der Waals surface area contributed by atoms with Gasteiger partial charge in [-0.05, 0) is 34.1 Å². The molecule has 9 heteroatoms. The summed E-state index contributed by atoms with van der Waals surface area (Å²) < 4.78 is 0. The van der Waals surface area contributed by atoms with E-state index in [0.717, 1.165) is 13.8 Å². The molecule has 0 aromatic carbocycles. The number of ketones is 5. The molecule has 0 saturated heterocycles. The monoisotopic (exact) mass is 388 g/mol. The Morgan fingerprint density at radius 1 is 0.741 bits per heavy atom. The third-order valence-electron chi connectivity index (χ3n) is 5.12. The van der Waals surface area contributed by atoms with Gasteiger partial charge in [-0.15, -0.1) is 0 Å². The van der Waals surface area contributed by atoms with Crippen molar-refractivity contribution in [2.45, 2.75) is 83.2 Å². The number of hydrogen-bond donors (Lipinski definition) is 4. The predicted molar refractivity (Wildman–Crippen MR) is 92.7 cm³/mol. The van der Waals surface area contributed by atoms with E-state index in [-0.39, 0.29) is 6.42 Å². The molecular weight excluding hydrogens is 360 g/mol. The molecule has 0 aliphatic heterocycles. The molecular formula is C18H28O9. The van der Waals surface area contributed by atoms with Crippen molar-refractivity contribution < 1.29 is 44.4 Å². The van der Waals surface area contributed by atoms with Crippen molar-refractivity contribution in [1.82, 2.24) is 0 Å². The molecule has 9 nitrogen and oxygen atoms in total. The van der Waals surface area contributed by atoms with Crippen LogP contribution in [-0.2, 0) is 24.0 Å². The fourth-order valence-corrected chi connectivity index (χ4v) is 3.23. The molecule has 0 fully saturated rings. The molecule has 27 heavy (non-hydrogen) atoms. The standard InChI is InChI=1S/C18H28O9/c1-7-8-9-16(25,14(23)10(2)19)18(27,13(5)22)17(26,12(4)21)15(6,24)11(3)20/h24-27H,7-9H2,1-6H3/t15-,16+,17+,18+/m1/s1. The number of hydrogen-bond acceptors (Lipinski definition) is 9. The van der Waals surface area contributed by atoms with Crippen molar-refractivity contribution in [3.63, 3.8) is 0 Å². The second-order valence-corrected chi connectivity index (χ2v) is 7.01. The maximum Gasteiger partial charge on any atom is 0.233 e. The second-order valence-electron chi connectivity index (χ2n) is 7.01. The van der Waals surface area contributed by atoms with Crippen LogP contribution in [0, 0.1) is 0 Å². The summed E-state index contributed by atoms with van der Waals surface area (Å²) in [6, 6.07) is 0. The van der Waals surface area contributed by atoms with Gasteiger partial charge in [-0.2, -0.15) is 0 Å². The van der Waals surface area contributed by atoms with E-state index in [0.29, 0.717) is 27.2 Å². The maximum atomic E-state index is 12.5. The Labute approximate surface area is 157 Å². The van der Waals surface area contributed by atoms with Crippen LogP contribution in [0.4, 0.5) is 0 Å². The molecule has 0 aromatic heterocycles. The van der Waals surface area contributed by atoms with E-state index in [1.165, 1.54) is 0 Å². The van der Waals surface area contributed by atoms with Crippen molar-refractivity contribution in [2.24, 2.45) is 0 Å². The van der Waals surface area contributed by atoms with Crippen molar-refractivity contribution in [2.75, 3.05) is 0 Å². The average molecular weight is 388 g/mol. The summed E-state index contributed by atoms with van der Waals surface area (Å²) in [6.45, 7) is 5.21. The first-order valence-electron chi connectivity index (χ1n) is 8.48. The Balaban J connectivity index is 7.28. The molecule has 0 bridgehead atoms. The van der Waals surface area contributed by atoms with Crippen molar-refractivity contribution in [3.8, 4) is 0 Å². The molecule has 4 N–H and O–H groups in total. The molecule has 0 rings (SSSR count). The molecule has 154 valence electrons. The zero-order valence-electron chi connectivity index (χ0n) is 16.5. The van der Waals surface area contributed by atoms with Gasteiger partial charge in [0.05, 0.1) is 0 Å². The summed E-state index contributed by atoms with van der Waals surface area (Å²) in [5, 5.41) is 43.8. The van der Waals surface area contributed by atoms with Crippen molar-refractivity contribution >= 4 is 28.9 Å². The first-order chi connectivity index (χ1) is 12.0. The van der Waals surface area contributed by atoms with Gasteiger partial charge in [-0.25, -0.2) is 0 Å². The van der Waals surface area contributed by atoms with Crippen LogP contribution in [0.1, 0.15) is 60.8 Å². The minimum absolute atomic E-state index is 0.0152. The average Bonchev–Trinajstić information content (AvgIpc) is 2.56. The van der Waals surface area contributed by atoms with Crippen LogP contribution >= 0.6 is 0 Å². The molecule has 0 spiro atoms. The second kappa shape index (κ2) is 8.05. The minimum atomic E-state index is -3.67. The highest BCUT2D eigenvalue weighted by atomic mass is 16.4. The summed E-state index contributed by atoms with van der Waals surface area (Å²) in [4.78, 5) is 60.8. The van der Waals surface area contributed by atoms with Crippen LogP contribution in [0.3, 0.4) is 0 Å². The van der Waals surface area contributed by atoms with Crippen LogP contribution in [0.15, 0.2) is 0 Å². The van der Waals surface area contributed by atoms with Gasteiger partial charge in [0.1, 0.15) is 0 Å². The lowest BCUT2D eigenvalue weighted by Gasteiger charge is -2.52. The summed E-state index contributed by atoms with van der Waals surface area (Å²) in [5.74, 6) is -7.02. The van der Waals surface area contributed by atoms with Gasteiger partial charge in [0, 0.05) is 6.92 Å². The number of unbranched alkanes of at least 4 members (excludes halogenated alkanes) is 1. The van der Waals surface area contributed by atoms with E-state index in [1.54, 1.807) is 6.92 Å². The lowest BCUT2D eigenvalue weighted by Crippen LogP contribution is -2.83. The molecule has 0 unspecified atom stereocenters. The Morgan fingerprint density at radius 2 is 1.15 bits per heavy atom. The Bertz CT molecular complexity index is 666. The lowest BCUT2D eigenvalue weighted by atomic mass is 9.57. The van der Waals surface area contributed by atoms with Crippen LogP contribution in [0.2, 0.25) is 0 Å². The summed E-state index contributed by atoms with van der Waals surface area (Å²) >= 11 is 0. The first-order valence-corrected chi connectivity index (χ1v) is 8.48. The van der Waals surface area contributed by atoms with Gasteiger partial charge in [0.15, 0.2) is 45.5 Å². The number of aliphatic hydroxyl groups is 4. The lowest BCUT2D eigenvalue weighted by molar-refractivity contribution is -0.262. The fourth-order valence-electron chi connectivity index (χ4n) is 3.23. The first kappa shape index (κ1) is 25.2. The number of carbonyl (C=O) groups is 5. The third-order valence-corrected chi connectivity index (χ3v) is 5.12. The molecule has 0 aliphatic rings. The smallest absolute Gasteiger partial charge is 0.233 e. The van der Waals surface area contributed by atoms with E-state index in [4.69, 9.17) is 0 Å². The maximum absolute atomic E-state index is 12.5. The summed E-state index contributed by atoms with van der Waals surface area (Å²) in [6.07, 6.45) is -0.314. The van der Waals surface area contributed by atoms with Crippen LogP contribution in [0.5, 0.6) is 0 Å². The minimum Gasteiger partial charge on any atom is -0.379 e. The highest BCUT2D eigenvalue weighted by molar-refractivity contribution is 6.40. The van der Waals surface area contributed by atoms with Crippen molar-refractivity contribution in [3.05, 3.63) is 0 Å². The van der Waals surface area contributed by atoms with Gasteiger partial charge in [0.25, 0.3) is 0 Å². The summed E-state index contributed by atoms with van der Waals surface area (Å²) in [5.41, 5.74) is -13.6. The van der Waals surface area contributed by atoms with E-state index in [1.807, 2.05) is 0 Å².